The number of nitrogens with one attached hydrogen (secondary N) is 2. The van der Waals surface area contributed by atoms with E-state index in [1.807, 2.05) is 19.0 Å². The van der Waals surface area contributed by atoms with Gasteiger partial charge in [-0.2, -0.15) is 4.98 Å². The van der Waals surface area contributed by atoms with Gasteiger partial charge >= 0.3 is 0 Å². The summed E-state index contributed by atoms with van der Waals surface area (Å²) < 4.78 is 0. The molecule has 0 radical (unpaired) electrons. The van der Waals surface area contributed by atoms with Crippen LogP contribution in [-0.4, -0.2) is 61.3 Å². The summed E-state index contributed by atoms with van der Waals surface area (Å²) in [5, 5.41) is 16.0. The third-order valence-electron chi connectivity index (χ3n) is 3.55. The van der Waals surface area contributed by atoms with Crippen LogP contribution in [0.15, 0.2) is 24.7 Å². The average molecular weight is 406 g/mol. The molecule has 0 spiro atoms. The highest BCUT2D eigenvalue weighted by Gasteiger charge is 2.15. The van der Waals surface area contributed by atoms with E-state index in [9.17, 15) is 5.11 Å². The molecule has 0 aliphatic heterocycles. The Morgan fingerprint density at radius 3 is 2.36 bits per heavy atom. The largest absolute Gasteiger partial charge is 0.389 e. The van der Waals surface area contributed by atoms with Gasteiger partial charge in [-0.1, -0.05) is 0 Å². The zero-order chi connectivity index (χ0) is 19.4. The van der Waals surface area contributed by atoms with Gasteiger partial charge in [0.2, 0.25) is 11.9 Å². The summed E-state index contributed by atoms with van der Waals surface area (Å²) in [5.41, 5.74) is 0.362. The first-order valence-electron chi connectivity index (χ1n) is 8.50. The van der Waals surface area contributed by atoms with Gasteiger partial charge in [-0.3, -0.25) is 0 Å². The molecule has 150 valence electrons. The molecule has 0 aliphatic carbocycles. The molecule has 0 fully saturated rings. The Balaban J connectivity index is 0.00000280. The smallest absolute Gasteiger partial charge is 0.225 e. The molecule has 0 saturated heterocycles. The third kappa shape index (κ3) is 5.57. The topological polar surface area (TPSA) is 125 Å². The number of aliphatic hydroxyl groups is 1. The molecule has 3 heterocycles. The van der Waals surface area contributed by atoms with Crippen LogP contribution >= 0.6 is 12.4 Å². The number of rotatable bonds is 7. The van der Waals surface area contributed by atoms with Crippen molar-refractivity contribution in [2.75, 3.05) is 36.2 Å². The van der Waals surface area contributed by atoms with Crippen LogP contribution in [0.4, 0.5) is 17.7 Å². The summed E-state index contributed by atoms with van der Waals surface area (Å²) in [6.07, 6.45) is 5.01. The van der Waals surface area contributed by atoms with Crippen molar-refractivity contribution >= 4 is 41.2 Å². The molecule has 3 N–H and O–H groups in total. The fourth-order valence-corrected chi connectivity index (χ4v) is 2.26. The van der Waals surface area contributed by atoms with Crippen LogP contribution in [-0.2, 0) is 6.54 Å². The van der Waals surface area contributed by atoms with Crippen LogP contribution in [0.5, 0.6) is 0 Å². The molecule has 3 rings (SSSR count). The Kier molecular flexibility index (Phi) is 6.81. The Labute approximate surface area is 169 Å². The Morgan fingerprint density at radius 1 is 1.00 bits per heavy atom. The van der Waals surface area contributed by atoms with Crippen LogP contribution in [0, 0.1) is 0 Å². The Morgan fingerprint density at radius 2 is 1.71 bits per heavy atom. The van der Waals surface area contributed by atoms with Gasteiger partial charge in [0.05, 0.1) is 18.3 Å². The Bertz CT molecular complexity index is 916. The van der Waals surface area contributed by atoms with E-state index >= 15 is 0 Å². The zero-order valence-electron chi connectivity index (χ0n) is 16.2. The number of nitrogens with zero attached hydrogens (tertiary/aromatic N) is 7. The lowest BCUT2D eigenvalue weighted by Crippen LogP contribution is -2.30. The predicted molar refractivity (Wildman–Crippen MR) is 111 cm³/mol. The molecule has 0 unspecified atom stereocenters. The van der Waals surface area contributed by atoms with Crippen molar-refractivity contribution < 1.29 is 5.11 Å². The average Bonchev–Trinajstić information content (AvgIpc) is 2.64. The molecule has 3 aromatic heterocycles. The van der Waals surface area contributed by atoms with E-state index in [4.69, 9.17) is 0 Å². The maximum absolute atomic E-state index is 9.86. The lowest BCUT2D eigenvalue weighted by molar-refractivity contribution is 0.0943. The van der Waals surface area contributed by atoms with Crippen molar-refractivity contribution in [1.82, 2.24) is 29.9 Å². The van der Waals surface area contributed by atoms with Crippen LogP contribution in [0.1, 0.15) is 19.7 Å². The van der Waals surface area contributed by atoms with Crippen molar-refractivity contribution in [2.45, 2.75) is 26.0 Å². The SMILES string of the molecule is CN(C)c1nc(NCc2ncccn2)nc2cnc(NCC(C)(C)O)nc12.Cl. The van der Waals surface area contributed by atoms with Crippen LogP contribution < -0.4 is 15.5 Å². The maximum Gasteiger partial charge on any atom is 0.225 e. The van der Waals surface area contributed by atoms with Gasteiger partial charge in [0, 0.05) is 33.0 Å². The van der Waals surface area contributed by atoms with E-state index < -0.39 is 5.60 Å². The second-order valence-corrected chi connectivity index (χ2v) is 6.88. The van der Waals surface area contributed by atoms with E-state index in [0.29, 0.717) is 47.7 Å². The second-order valence-electron chi connectivity index (χ2n) is 6.88. The number of hydrogen-bond donors (Lipinski definition) is 3. The molecule has 11 heteroatoms. The molecule has 0 atom stereocenters. The van der Waals surface area contributed by atoms with Gasteiger partial charge in [0.25, 0.3) is 0 Å². The molecule has 0 amide bonds. The van der Waals surface area contributed by atoms with E-state index in [-0.39, 0.29) is 12.4 Å². The number of aromatic nitrogens is 6. The molecular formula is C17H24ClN9O. The van der Waals surface area contributed by atoms with Gasteiger partial charge < -0.3 is 20.6 Å². The molecule has 28 heavy (non-hydrogen) atoms. The molecule has 0 aliphatic rings. The number of anilines is 3. The van der Waals surface area contributed by atoms with Crippen molar-refractivity contribution in [3.8, 4) is 0 Å². The zero-order valence-corrected chi connectivity index (χ0v) is 17.0. The number of hydrogen-bond acceptors (Lipinski definition) is 10. The van der Waals surface area contributed by atoms with Gasteiger partial charge in [0.15, 0.2) is 5.82 Å². The van der Waals surface area contributed by atoms with Crippen molar-refractivity contribution in [3.05, 3.63) is 30.5 Å². The van der Waals surface area contributed by atoms with Gasteiger partial charge in [-0.15, -0.1) is 12.4 Å². The summed E-state index contributed by atoms with van der Waals surface area (Å²) in [5.74, 6) is 2.16. The summed E-state index contributed by atoms with van der Waals surface area (Å²) >= 11 is 0. The molecular weight excluding hydrogens is 382 g/mol. The maximum atomic E-state index is 9.86. The number of fused-ring (bicyclic) bond motifs is 1. The second kappa shape index (κ2) is 8.89. The first-order chi connectivity index (χ1) is 12.8. The summed E-state index contributed by atoms with van der Waals surface area (Å²) in [4.78, 5) is 28.0. The molecule has 0 saturated carbocycles. The highest BCUT2D eigenvalue weighted by Crippen LogP contribution is 2.23. The van der Waals surface area contributed by atoms with Crippen LogP contribution in [0.25, 0.3) is 11.0 Å². The third-order valence-corrected chi connectivity index (χ3v) is 3.55. The lowest BCUT2D eigenvalue weighted by Gasteiger charge is -2.18. The van der Waals surface area contributed by atoms with E-state index in [1.54, 1.807) is 38.5 Å². The first kappa shape index (κ1) is 21.5. The summed E-state index contributed by atoms with van der Waals surface area (Å²) in [6.45, 7) is 4.16. The standard InChI is InChI=1S/C17H23N9O.ClH/c1-17(2,27)10-22-15-20-8-11-13(24-15)14(26(3)4)25-16(23-11)21-9-12-18-6-5-7-19-12;/h5-8,27H,9-10H2,1-4H3,(H,20,22,24)(H,21,23,25);1H. The van der Waals surface area contributed by atoms with Crippen LogP contribution in [0.3, 0.4) is 0 Å². The van der Waals surface area contributed by atoms with Crippen LogP contribution in [0.2, 0.25) is 0 Å². The Hall–Kier alpha value is -2.85. The van der Waals surface area contributed by atoms with E-state index in [1.165, 1.54) is 0 Å². The molecule has 3 aromatic rings. The van der Waals surface area contributed by atoms with E-state index in [0.717, 1.165) is 0 Å². The van der Waals surface area contributed by atoms with Gasteiger partial charge in [0.1, 0.15) is 16.9 Å². The summed E-state index contributed by atoms with van der Waals surface area (Å²) in [7, 11) is 3.77. The first-order valence-corrected chi connectivity index (χ1v) is 8.50. The fraction of sp³-hybridized carbons (Fsp3) is 0.412. The van der Waals surface area contributed by atoms with Crippen molar-refractivity contribution in [3.63, 3.8) is 0 Å². The predicted octanol–water partition coefficient (Wildman–Crippen LogP) is 1.49. The minimum atomic E-state index is -0.869. The highest BCUT2D eigenvalue weighted by atomic mass is 35.5. The number of halogens is 1. The normalized spacial score (nSPS) is 11.0. The monoisotopic (exact) mass is 405 g/mol. The lowest BCUT2D eigenvalue weighted by atomic mass is 10.1. The van der Waals surface area contributed by atoms with E-state index in [2.05, 4.69) is 40.5 Å². The highest BCUT2D eigenvalue weighted by molar-refractivity contribution is 5.86. The molecule has 0 aromatic carbocycles. The fourth-order valence-electron chi connectivity index (χ4n) is 2.26. The van der Waals surface area contributed by atoms with Gasteiger partial charge in [-0.25, -0.2) is 24.9 Å². The molecule has 0 bridgehead atoms. The molecule has 10 nitrogen and oxygen atoms in total. The quantitative estimate of drug-likeness (QED) is 0.532. The van der Waals surface area contributed by atoms with Crippen molar-refractivity contribution in [1.29, 1.82) is 0 Å². The minimum Gasteiger partial charge on any atom is -0.389 e. The van der Waals surface area contributed by atoms with Gasteiger partial charge in [-0.05, 0) is 19.9 Å². The minimum absolute atomic E-state index is 0. The van der Waals surface area contributed by atoms with Crippen molar-refractivity contribution in [2.24, 2.45) is 0 Å². The summed E-state index contributed by atoms with van der Waals surface area (Å²) in [6, 6.07) is 1.76.